The van der Waals surface area contributed by atoms with Gasteiger partial charge in [0.1, 0.15) is 16.5 Å². The normalized spacial score (nSPS) is 11.5. The molecule has 0 fully saturated rings. The van der Waals surface area contributed by atoms with E-state index >= 15 is 0 Å². The molecule has 0 amide bonds. The predicted molar refractivity (Wildman–Crippen MR) is 117 cm³/mol. The van der Waals surface area contributed by atoms with E-state index in [-0.39, 0.29) is 0 Å². The third-order valence-corrected chi connectivity index (χ3v) is 6.05. The molecular weight excluding hydrogens is 382 g/mol. The standard InChI is InChI=1S/C23H25N3O2S/c1-14-11-20(27-5)15(2)10-17(14)23-25-19(16(3)28-23)12-26(4)13-22-24-18-8-6-7-9-21(18)29-22/h6-11H,12-13H2,1-5H3. The Balaban J connectivity index is 1.53. The molecule has 0 aliphatic carbocycles. The summed E-state index contributed by atoms with van der Waals surface area (Å²) < 4.78 is 12.7. The predicted octanol–water partition coefficient (Wildman–Crippen LogP) is 5.52. The Labute approximate surface area is 175 Å². The lowest BCUT2D eigenvalue weighted by molar-refractivity contribution is 0.313. The first-order chi connectivity index (χ1) is 13.9. The van der Waals surface area contributed by atoms with Gasteiger partial charge >= 0.3 is 0 Å². The molecule has 5 nitrogen and oxygen atoms in total. The second kappa shape index (κ2) is 7.97. The molecule has 0 spiro atoms. The number of rotatable bonds is 6. The first kappa shape index (κ1) is 19.6. The zero-order valence-electron chi connectivity index (χ0n) is 17.4. The van der Waals surface area contributed by atoms with E-state index < -0.39 is 0 Å². The van der Waals surface area contributed by atoms with Gasteiger partial charge in [0, 0.05) is 12.1 Å². The lowest BCUT2D eigenvalue weighted by Gasteiger charge is -2.13. The van der Waals surface area contributed by atoms with E-state index in [1.165, 1.54) is 4.70 Å². The zero-order valence-corrected chi connectivity index (χ0v) is 18.3. The summed E-state index contributed by atoms with van der Waals surface area (Å²) in [6.45, 7) is 7.55. The number of nitrogens with zero attached hydrogens (tertiary/aromatic N) is 3. The van der Waals surface area contributed by atoms with Crippen LogP contribution >= 0.6 is 11.3 Å². The minimum Gasteiger partial charge on any atom is -0.496 e. The molecule has 0 atom stereocenters. The van der Waals surface area contributed by atoms with Gasteiger partial charge in [0.05, 0.1) is 29.6 Å². The summed E-state index contributed by atoms with van der Waals surface area (Å²) in [6, 6.07) is 12.4. The summed E-state index contributed by atoms with van der Waals surface area (Å²) >= 11 is 1.74. The smallest absolute Gasteiger partial charge is 0.226 e. The number of hydrogen-bond acceptors (Lipinski definition) is 6. The molecule has 0 N–H and O–H groups in total. The monoisotopic (exact) mass is 407 g/mol. The molecule has 0 aliphatic rings. The van der Waals surface area contributed by atoms with Crippen molar-refractivity contribution >= 4 is 21.6 Å². The molecule has 0 saturated heterocycles. The molecule has 150 valence electrons. The van der Waals surface area contributed by atoms with Crippen molar-refractivity contribution in [1.82, 2.24) is 14.9 Å². The Morgan fingerprint density at radius 1 is 1.03 bits per heavy atom. The molecule has 0 aliphatic heterocycles. The highest BCUT2D eigenvalue weighted by Crippen LogP contribution is 2.31. The molecule has 2 aromatic heterocycles. The Kier molecular flexibility index (Phi) is 5.39. The van der Waals surface area contributed by atoms with E-state index in [4.69, 9.17) is 19.1 Å². The summed E-state index contributed by atoms with van der Waals surface area (Å²) in [5.41, 5.74) is 5.18. The second-order valence-electron chi connectivity index (χ2n) is 7.41. The van der Waals surface area contributed by atoms with E-state index in [1.54, 1.807) is 18.4 Å². The Morgan fingerprint density at radius 2 is 1.83 bits per heavy atom. The van der Waals surface area contributed by atoms with Crippen LogP contribution in [0.25, 0.3) is 21.7 Å². The third-order valence-electron chi connectivity index (χ3n) is 5.03. The fourth-order valence-corrected chi connectivity index (χ4v) is 4.51. The molecule has 0 unspecified atom stereocenters. The first-order valence-electron chi connectivity index (χ1n) is 9.59. The van der Waals surface area contributed by atoms with Gasteiger partial charge in [-0.15, -0.1) is 11.3 Å². The van der Waals surface area contributed by atoms with Crippen molar-refractivity contribution in [2.24, 2.45) is 0 Å². The Bertz CT molecular complexity index is 1130. The van der Waals surface area contributed by atoms with Crippen LogP contribution < -0.4 is 4.74 Å². The van der Waals surface area contributed by atoms with Crippen LogP contribution in [0.15, 0.2) is 40.8 Å². The molecule has 0 bridgehead atoms. The minimum atomic E-state index is 0.661. The van der Waals surface area contributed by atoms with Crippen molar-refractivity contribution < 1.29 is 9.15 Å². The maximum absolute atomic E-state index is 6.02. The number of aromatic nitrogens is 2. The topological polar surface area (TPSA) is 51.4 Å². The average molecular weight is 408 g/mol. The molecule has 2 aromatic carbocycles. The van der Waals surface area contributed by atoms with Crippen molar-refractivity contribution in [3.8, 4) is 17.2 Å². The van der Waals surface area contributed by atoms with Gasteiger partial charge in [-0.3, -0.25) is 4.90 Å². The average Bonchev–Trinajstić information content (AvgIpc) is 3.25. The van der Waals surface area contributed by atoms with Gasteiger partial charge in [0.25, 0.3) is 0 Å². The SMILES string of the molecule is COc1cc(C)c(-c2nc(CN(C)Cc3nc4ccccc4s3)c(C)o2)cc1C. The fourth-order valence-electron chi connectivity index (χ4n) is 3.46. The van der Waals surface area contributed by atoms with Gasteiger partial charge in [-0.1, -0.05) is 12.1 Å². The molecule has 6 heteroatoms. The number of benzene rings is 2. The number of ether oxygens (including phenoxy) is 1. The van der Waals surface area contributed by atoms with Crippen LogP contribution in [0.3, 0.4) is 0 Å². The number of aryl methyl sites for hydroxylation is 3. The number of thiazole rings is 1. The lowest BCUT2D eigenvalue weighted by atomic mass is 10.0. The molecule has 29 heavy (non-hydrogen) atoms. The Morgan fingerprint density at radius 3 is 2.59 bits per heavy atom. The Hall–Kier alpha value is -2.70. The molecule has 4 aromatic rings. The molecule has 0 saturated carbocycles. The van der Waals surface area contributed by atoms with Crippen LogP contribution in [0.5, 0.6) is 5.75 Å². The number of para-hydroxylation sites is 1. The highest BCUT2D eigenvalue weighted by molar-refractivity contribution is 7.18. The number of oxazole rings is 1. The zero-order chi connectivity index (χ0) is 20.5. The van der Waals surface area contributed by atoms with E-state index in [1.807, 2.05) is 26.0 Å². The van der Waals surface area contributed by atoms with Gasteiger partial charge in [-0.25, -0.2) is 9.97 Å². The lowest BCUT2D eigenvalue weighted by Crippen LogP contribution is -2.17. The van der Waals surface area contributed by atoms with Crippen molar-refractivity contribution in [1.29, 1.82) is 0 Å². The van der Waals surface area contributed by atoms with Gasteiger partial charge in [-0.05, 0) is 63.2 Å². The van der Waals surface area contributed by atoms with E-state index in [2.05, 4.69) is 43.1 Å². The summed E-state index contributed by atoms with van der Waals surface area (Å²) in [4.78, 5) is 11.7. The number of fused-ring (bicyclic) bond motifs is 1. The number of hydrogen-bond donors (Lipinski definition) is 0. The van der Waals surface area contributed by atoms with Crippen LogP contribution in [0.4, 0.5) is 0 Å². The van der Waals surface area contributed by atoms with Crippen molar-refractivity contribution in [2.75, 3.05) is 14.2 Å². The third kappa shape index (κ3) is 4.04. The van der Waals surface area contributed by atoms with Gasteiger partial charge in [0.15, 0.2) is 0 Å². The number of methoxy groups -OCH3 is 1. The van der Waals surface area contributed by atoms with E-state index in [0.717, 1.165) is 51.0 Å². The second-order valence-corrected chi connectivity index (χ2v) is 8.52. The van der Waals surface area contributed by atoms with Gasteiger partial charge in [0.2, 0.25) is 5.89 Å². The van der Waals surface area contributed by atoms with Crippen LogP contribution in [-0.4, -0.2) is 29.0 Å². The van der Waals surface area contributed by atoms with Gasteiger partial charge in [-0.2, -0.15) is 0 Å². The van der Waals surface area contributed by atoms with Crippen molar-refractivity contribution in [3.63, 3.8) is 0 Å². The molecular formula is C23H25N3O2S. The molecule has 4 rings (SSSR count). The molecule has 0 radical (unpaired) electrons. The maximum Gasteiger partial charge on any atom is 0.226 e. The van der Waals surface area contributed by atoms with Gasteiger partial charge < -0.3 is 9.15 Å². The van der Waals surface area contributed by atoms with Crippen LogP contribution in [-0.2, 0) is 13.1 Å². The first-order valence-corrected chi connectivity index (χ1v) is 10.4. The summed E-state index contributed by atoms with van der Waals surface area (Å²) in [5.74, 6) is 2.39. The van der Waals surface area contributed by atoms with E-state index in [0.29, 0.717) is 12.4 Å². The summed E-state index contributed by atoms with van der Waals surface area (Å²) in [6.07, 6.45) is 0. The largest absolute Gasteiger partial charge is 0.496 e. The van der Waals surface area contributed by atoms with Crippen molar-refractivity contribution in [2.45, 2.75) is 33.9 Å². The summed E-state index contributed by atoms with van der Waals surface area (Å²) in [7, 11) is 3.78. The highest BCUT2D eigenvalue weighted by Gasteiger charge is 2.17. The minimum absolute atomic E-state index is 0.661. The highest BCUT2D eigenvalue weighted by atomic mass is 32.1. The maximum atomic E-state index is 6.02. The molecule has 2 heterocycles. The van der Waals surface area contributed by atoms with Crippen LogP contribution in [0.1, 0.15) is 27.6 Å². The quantitative estimate of drug-likeness (QED) is 0.421. The van der Waals surface area contributed by atoms with Crippen LogP contribution in [0.2, 0.25) is 0 Å². The summed E-state index contributed by atoms with van der Waals surface area (Å²) in [5, 5.41) is 1.11. The fraction of sp³-hybridized carbons (Fsp3) is 0.304. The van der Waals surface area contributed by atoms with Crippen LogP contribution in [0, 0.1) is 20.8 Å². The van der Waals surface area contributed by atoms with E-state index in [9.17, 15) is 0 Å². The van der Waals surface area contributed by atoms with Crippen molar-refractivity contribution in [3.05, 3.63) is 64.0 Å².